The van der Waals surface area contributed by atoms with Crippen molar-refractivity contribution in [3.63, 3.8) is 0 Å². The van der Waals surface area contributed by atoms with Crippen molar-refractivity contribution in [3.8, 4) is 5.69 Å². The molecule has 1 aliphatic carbocycles. The van der Waals surface area contributed by atoms with E-state index in [0.29, 0.717) is 0 Å². The summed E-state index contributed by atoms with van der Waals surface area (Å²) in [7, 11) is 0. The average molecular weight is 254 g/mol. The number of para-hydroxylation sites is 1. The van der Waals surface area contributed by atoms with Crippen molar-refractivity contribution in [3.05, 3.63) is 48.3 Å². The predicted molar refractivity (Wildman–Crippen MR) is 72.0 cm³/mol. The molecule has 0 bridgehead atoms. The van der Waals surface area contributed by atoms with Gasteiger partial charge in [0.2, 0.25) is 5.91 Å². The van der Waals surface area contributed by atoms with Gasteiger partial charge in [-0.3, -0.25) is 4.79 Å². The summed E-state index contributed by atoms with van der Waals surface area (Å²) < 4.78 is 1.77. The van der Waals surface area contributed by atoms with Crippen LogP contribution in [0.5, 0.6) is 0 Å². The van der Waals surface area contributed by atoms with E-state index in [1.54, 1.807) is 17.1 Å². The van der Waals surface area contributed by atoms with Gasteiger partial charge in [0.15, 0.2) is 0 Å². The van der Waals surface area contributed by atoms with Crippen LogP contribution in [0.2, 0.25) is 0 Å². The first-order valence-electron chi connectivity index (χ1n) is 6.26. The first-order valence-corrected chi connectivity index (χ1v) is 6.26. The van der Waals surface area contributed by atoms with Crippen molar-refractivity contribution >= 4 is 12.1 Å². The molecule has 0 spiro atoms. The van der Waals surface area contributed by atoms with E-state index in [2.05, 4.69) is 15.6 Å². The normalized spacial score (nSPS) is 14.7. The number of hydrazone groups is 1. The predicted octanol–water partition coefficient (Wildman–Crippen LogP) is 1.73. The molecule has 1 aromatic heterocycles. The summed E-state index contributed by atoms with van der Waals surface area (Å²) in [5, 5.41) is 8.18. The molecule has 0 atom stereocenters. The number of aromatic nitrogens is 2. The first kappa shape index (κ1) is 11.6. The minimum absolute atomic E-state index is 0.00620. The lowest BCUT2D eigenvalue weighted by Gasteiger charge is -1.98. The largest absolute Gasteiger partial charge is 0.273 e. The Morgan fingerprint density at radius 2 is 2.16 bits per heavy atom. The highest BCUT2D eigenvalue weighted by Crippen LogP contribution is 2.28. The van der Waals surface area contributed by atoms with Crippen LogP contribution in [-0.4, -0.2) is 21.9 Å². The van der Waals surface area contributed by atoms with E-state index in [1.807, 2.05) is 36.5 Å². The highest BCUT2D eigenvalue weighted by molar-refractivity contribution is 5.84. The van der Waals surface area contributed by atoms with E-state index in [0.717, 1.165) is 24.1 Å². The smallest absolute Gasteiger partial charge is 0.243 e. The molecule has 3 rings (SSSR count). The molecule has 0 aliphatic heterocycles. The first-order chi connectivity index (χ1) is 9.33. The van der Waals surface area contributed by atoms with E-state index in [-0.39, 0.29) is 11.8 Å². The zero-order valence-electron chi connectivity index (χ0n) is 10.4. The van der Waals surface area contributed by atoms with Crippen molar-refractivity contribution in [1.29, 1.82) is 0 Å². The minimum Gasteiger partial charge on any atom is -0.273 e. The summed E-state index contributed by atoms with van der Waals surface area (Å²) in [6.45, 7) is 0. The number of benzene rings is 1. The summed E-state index contributed by atoms with van der Waals surface area (Å²) in [6, 6.07) is 9.83. The summed E-state index contributed by atoms with van der Waals surface area (Å²) in [6.07, 6.45) is 7.13. The number of carbonyl (C=O) groups excluding carboxylic acids is 1. The van der Waals surface area contributed by atoms with E-state index < -0.39 is 0 Å². The van der Waals surface area contributed by atoms with Crippen LogP contribution < -0.4 is 5.43 Å². The van der Waals surface area contributed by atoms with Gasteiger partial charge < -0.3 is 0 Å². The highest BCUT2D eigenvalue weighted by atomic mass is 16.2. The number of carbonyl (C=O) groups is 1. The van der Waals surface area contributed by atoms with Gasteiger partial charge in [-0.05, 0) is 25.0 Å². The van der Waals surface area contributed by atoms with Crippen molar-refractivity contribution in [2.75, 3.05) is 0 Å². The van der Waals surface area contributed by atoms with Gasteiger partial charge in [-0.25, -0.2) is 10.1 Å². The van der Waals surface area contributed by atoms with E-state index in [4.69, 9.17) is 0 Å². The summed E-state index contributed by atoms with van der Waals surface area (Å²) in [5.74, 6) is 0.177. The molecule has 1 amide bonds. The monoisotopic (exact) mass is 254 g/mol. The number of hydrogen-bond acceptors (Lipinski definition) is 3. The number of hydrogen-bond donors (Lipinski definition) is 1. The Hall–Kier alpha value is -2.43. The van der Waals surface area contributed by atoms with Crippen molar-refractivity contribution in [2.24, 2.45) is 11.0 Å². The molecule has 0 unspecified atom stereocenters. The second-order valence-electron chi connectivity index (χ2n) is 4.56. The van der Waals surface area contributed by atoms with Crippen LogP contribution in [0, 0.1) is 5.92 Å². The Labute approximate surface area is 110 Å². The molecule has 1 N–H and O–H groups in total. The summed E-state index contributed by atoms with van der Waals surface area (Å²) in [5.41, 5.74) is 4.37. The fourth-order valence-corrected chi connectivity index (χ4v) is 1.73. The van der Waals surface area contributed by atoms with Crippen molar-refractivity contribution in [1.82, 2.24) is 15.2 Å². The van der Waals surface area contributed by atoms with Gasteiger partial charge in [0.25, 0.3) is 0 Å². The quantitative estimate of drug-likeness (QED) is 0.667. The van der Waals surface area contributed by atoms with Gasteiger partial charge in [0.05, 0.1) is 18.1 Å². The number of rotatable bonds is 4. The molecule has 5 heteroatoms. The Bertz CT molecular complexity index is 599. The molecular formula is C14H14N4O. The van der Waals surface area contributed by atoms with E-state index >= 15 is 0 Å². The van der Waals surface area contributed by atoms with Crippen LogP contribution in [0.4, 0.5) is 0 Å². The van der Waals surface area contributed by atoms with Gasteiger partial charge in [-0.1, -0.05) is 18.2 Å². The SMILES string of the molecule is O=C(N/N=C\c1cnn(-c2ccccc2)c1)C1CC1. The van der Waals surface area contributed by atoms with Gasteiger partial charge in [0, 0.05) is 17.7 Å². The molecule has 0 saturated heterocycles. The van der Waals surface area contributed by atoms with Gasteiger partial charge in [-0.2, -0.15) is 10.2 Å². The van der Waals surface area contributed by atoms with Crippen LogP contribution in [0.3, 0.4) is 0 Å². The van der Waals surface area contributed by atoms with Crippen LogP contribution in [0.25, 0.3) is 5.69 Å². The molecular weight excluding hydrogens is 240 g/mol. The second-order valence-corrected chi connectivity index (χ2v) is 4.56. The molecule has 1 aromatic carbocycles. The Morgan fingerprint density at radius 3 is 2.89 bits per heavy atom. The fraction of sp³-hybridized carbons (Fsp3) is 0.214. The molecule has 1 saturated carbocycles. The zero-order chi connectivity index (χ0) is 13.1. The Balaban J connectivity index is 1.64. The third-order valence-corrected chi connectivity index (χ3v) is 2.96. The maximum atomic E-state index is 11.4. The zero-order valence-corrected chi connectivity index (χ0v) is 10.4. The molecule has 2 aromatic rings. The lowest BCUT2D eigenvalue weighted by molar-refractivity contribution is -0.122. The van der Waals surface area contributed by atoms with Crippen molar-refractivity contribution < 1.29 is 4.79 Å². The van der Waals surface area contributed by atoms with E-state index in [9.17, 15) is 4.79 Å². The molecule has 1 fully saturated rings. The summed E-state index contributed by atoms with van der Waals surface area (Å²) in [4.78, 5) is 11.4. The lowest BCUT2D eigenvalue weighted by atomic mass is 10.3. The number of nitrogens with one attached hydrogen (secondary N) is 1. The van der Waals surface area contributed by atoms with Crippen molar-refractivity contribution in [2.45, 2.75) is 12.8 Å². The molecule has 1 aliphatic rings. The Kier molecular flexibility index (Phi) is 3.10. The van der Waals surface area contributed by atoms with Gasteiger partial charge in [-0.15, -0.1) is 0 Å². The second kappa shape index (κ2) is 5.06. The number of nitrogens with zero attached hydrogens (tertiary/aromatic N) is 3. The van der Waals surface area contributed by atoms with Gasteiger partial charge in [0.1, 0.15) is 0 Å². The van der Waals surface area contributed by atoms with E-state index in [1.165, 1.54) is 0 Å². The standard InChI is InChI=1S/C14H14N4O/c19-14(12-6-7-12)17-15-8-11-9-16-18(10-11)13-4-2-1-3-5-13/h1-5,8-10,12H,6-7H2,(H,17,19)/b15-8-. The molecule has 19 heavy (non-hydrogen) atoms. The number of amides is 1. The fourth-order valence-electron chi connectivity index (χ4n) is 1.73. The van der Waals surface area contributed by atoms with Crippen LogP contribution in [-0.2, 0) is 4.79 Å². The summed E-state index contributed by atoms with van der Waals surface area (Å²) >= 11 is 0. The third kappa shape index (κ3) is 2.88. The maximum Gasteiger partial charge on any atom is 0.243 e. The minimum atomic E-state index is 0.00620. The molecule has 1 heterocycles. The van der Waals surface area contributed by atoms with Crippen LogP contribution >= 0.6 is 0 Å². The van der Waals surface area contributed by atoms with Crippen LogP contribution in [0.15, 0.2) is 47.8 Å². The molecule has 0 radical (unpaired) electrons. The molecule has 5 nitrogen and oxygen atoms in total. The molecule has 96 valence electrons. The third-order valence-electron chi connectivity index (χ3n) is 2.96. The van der Waals surface area contributed by atoms with Gasteiger partial charge >= 0.3 is 0 Å². The topological polar surface area (TPSA) is 59.3 Å². The Morgan fingerprint density at radius 1 is 1.37 bits per heavy atom. The average Bonchev–Trinajstić information content (AvgIpc) is 3.20. The highest BCUT2D eigenvalue weighted by Gasteiger charge is 2.29. The maximum absolute atomic E-state index is 11.4. The van der Waals surface area contributed by atoms with Crippen LogP contribution in [0.1, 0.15) is 18.4 Å². The lowest BCUT2D eigenvalue weighted by Crippen LogP contribution is -2.18.